The Hall–Kier alpha value is -3.33. The Morgan fingerprint density at radius 1 is 1.27 bits per heavy atom. The molecule has 1 aliphatic rings. The van der Waals surface area contributed by atoms with Gasteiger partial charge in [-0.2, -0.15) is 4.98 Å². The van der Waals surface area contributed by atoms with Gasteiger partial charge in [0.2, 0.25) is 11.9 Å². The third kappa shape index (κ3) is 5.38. The van der Waals surface area contributed by atoms with Crippen LogP contribution in [-0.2, 0) is 4.79 Å². The van der Waals surface area contributed by atoms with Crippen LogP contribution in [0.5, 0.6) is 11.5 Å². The van der Waals surface area contributed by atoms with Crippen molar-refractivity contribution in [3.8, 4) is 11.5 Å². The summed E-state index contributed by atoms with van der Waals surface area (Å²) in [5, 5.41) is 9.22. The van der Waals surface area contributed by atoms with E-state index in [1.807, 2.05) is 24.3 Å². The van der Waals surface area contributed by atoms with Crippen LogP contribution in [-0.4, -0.2) is 30.1 Å². The molecule has 1 aromatic carbocycles. The van der Waals surface area contributed by atoms with E-state index in [2.05, 4.69) is 48.4 Å². The number of methoxy groups -OCH3 is 2. The molecule has 0 bridgehead atoms. The van der Waals surface area contributed by atoms with Gasteiger partial charge in [0.1, 0.15) is 17.3 Å². The second-order valence-electron chi connectivity index (χ2n) is 6.27. The molecule has 1 amide bonds. The number of halogens is 1. The summed E-state index contributed by atoms with van der Waals surface area (Å²) in [6, 6.07) is 5.42. The van der Waals surface area contributed by atoms with Crippen LogP contribution in [0.1, 0.15) is 12.8 Å². The highest BCUT2D eigenvalue weighted by atomic mass is 79.9. The van der Waals surface area contributed by atoms with Crippen LogP contribution in [0.2, 0.25) is 0 Å². The maximum atomic E-state index is 11.5. The lowest BCUT2D eigenvalue weighted by Crippen LogP contribution is -2.22. The molecule has 9 heteroatoms. The number of nitrogens with one attached hydrogen (secondary N) is 3. The zero-order valence-electron chi connectivity index (χ0n) is 16.7. The van der Waals surface area contributed by atoms with Crippen LogP contribution in [0.4, 0.5) is 17.5 Å². The summed E-state index contributed by atoms with van der Waals surface area (Å²) in [7, 11) is 3.18. The summed E-state index contributed by atoms with van der Waals surface area (Å²) in [4.78, 5) is 20.4. The molecule has 0 aliphatic heterocycles. The van der Waals surface area contributed by atoms with E-state index in [1.54, 1.807) is 26.5 Å². The van der Waals surface area contributed by atoms with Crippen LogP contribution >= 0.6 is 15.9 Å². The first-order valence-corrected chi connectivity index (χ1v) is 9.94. The topological polar surface area (TPSA) is 97.4 Å². The Bertz CT molecular complexity index is 1020. The van der Waals surface area contributed by atoms with Crippen molar-refractivity contribution in [2.45, 2.75) is 12.8 Å². The molecule has 156 valence electrons. The number of benzene rings is 1. The zero-order valence-corrected chi connectivity index (χ0v) is 18.2. The van der Waals surface area contributed by atoms with Crippen molar-refractivity contribution in [2.75, 3.05) is 24.9 Å². The molecule has 0 fully saturated rings. The Balaban J connectivity index is 1.78. The molecule has 8 nitrogen and oxygen atoms in total. The molecule has 2 aromatic rings. The predicted octanol–water partition coefficient (Wildman–Crippen LogP) is 4.28. The van der Waals surface area contributed by atoms with E-state index in [-0.39, 0.29) is 5.91 Å². The fourth-order valence-corrected chi connectivity index (χ4v) is 3.06. The number of rotatable bonds is 8. The van der Waals surface area contributed by atoms with Gasteiger partial charge in [-0.15, -0.1) is 0 Å². The molecule has 1 heterocycles. The number of hydrogen-bond acceptors (Lipinski definition) is 7. The van der Waals surface area contributed by atoms with Crippen LogP contribution in [0, 0.1) is 0 Å². The number of ether oxygens (including phenoxy) is 2. The van der Waals surface area contributed by atoms with Crippen molar-refractivity contribution in [1.82, 2.24) is 15.3 Å². The molecular formula is C21H22BrN5O3. The highest BCUT2D eigenvalue weighted by molar-refractivity contribution is 9.10. The van der Waals surface area contributed by atoms with Gasteiger partial charge in [0, 0.05) is 23.7 Å². The van der Waals surface area contributed by atoms with Gasteiger partial charge in [-0.3, -0.25) is 4.79 Å². The molecule has 0 spiro atoms. The standard InChI is InChI=1S/C21H22BrN5O3/c1-4-19(28)24-13-6-5-7-14(10-13)25-20-16(22)12-23-21(27-20)26-17-9-8-15(29-2)11-18(17)30-3/h4,7-12H,1,5-6H2,2-3H3,(H,24,28)(H2,23,25,26,27). The number of aromatic nitrogens is 2. The third-order valence-electron chi connectivity index (χ3n) is 4.24. The molecule has 0 saturated heterocycles. The van der Waals surface area contributed by atoms with E-state index in [0.717, 1.165) is 24.2 Å². The summed E-state index contributed by atoms with van der Waals surface area (Å²) in [6.07, 6.45) is 8.36. The van der Waals surface area contributed by atoms with Crippen molar-refractivity contribution in [1.29, 1.82) is 0 Å². The number of carbonyl (C=O) groups is 1. The van der Waals surface area contributed by atoms with E-state index in [4.69, 9.17) is 9.47 Å². The van der Waals surface area contributed by atoms with E-state index in [9.17, 15) is 4.79 Å². The number of nitrogens with zero attached hydrogens (tertiary/aromatic N) is 2. The van der Waals surface area contributed by atoms with Crippen molar-refractivity contribution < 1.29 is 14.3 Å². The van der Waals surface area contributed by atoms with E-state index in [1.165, 1.54) is 6.08 Å². The average molecular weight is 472 g/mol. The lowest BCUT2D eigenvalue weighted by molar-refractivity contribution is -0.115. The SMILES string of the molecule is C=CC(=O)NC1=CC(Nc2nc(Nc3ccc(OC)cc3OC)ncc2Br)=CCC1. The third-order valence-corrected chi connectivity index (χ3v) is 4.82. The Labute approximate surface area is 183 Å². The van der Waals surface area contributed by atoms with Gasteiger partial charge in [0.05, 0.1) is 24.4 Å². The van der Waals surface area contributed by atoms with Crippen molar-refractivity contribution in [2.24, 2.45) is 0 Å². The maximum absolute atomic E-state index is 11.5. The van der Waals surface area contributed by atoms with Crippen LogP contribution in [0.3, 0.4) is 0 Å². The van der Waals surface area contributed by atoms with Crippen LogP contribution in [0.25, 0.3) is 0 Å². The second-order valence-corrected chi connectivity index (χ2v) is 7.12. The van der Waals surface area contributed by atoms with Crippen LogP contribution < -0.4 is 25.4 Å². The Kier molecular flexibility index (Phi) is 7.08. The number of carbonyl (C=O) groups excluding carboxylic acids is 1. The highest BCUT2D eigenvalue weighted by Crippen LogP contribution is 2.31. The van der Waals surface area contributed by atoms with Gasteiger partial charge in [0.25, 0.3) is 0 Å². The molecule has 1 aliphatic carbocycles. The first-order chi connectivity index (χ1) is 14.5. The number of amides is 1. The minimum Gasteiger partial charge on any atom is -0.497 e. The van der Waals surface area contributed by atoms with Gasteiger partial charge in [0.15, 0.2) is 0 Å². The predicted molar refractivity (Wildman–Crippen MR) is 120 cm³/mol. The molecule has 0 unspecified atom stereocenters. The molecule has 0 saturated carbocycles. The fourth-order valence-electron chi connectivity index (χ4n) is 2.77. The summed E-state index contributed by atoms with van der Waals surface area (Å²) < 4.78 is 11.3. The van der Waals surface area contributed by atoms with E-state index in [0.29, 0.717) is 33.4 Å². The minimum absolute atomic E-state index is 0.231. The lowest BCUT2D eigenvalue weighted by atomic mass is 10.1. The normalized spacial score (nSPS) is 12.9. The highest BCUT2D eigenvalue weighted by Gasteiger charge is 2.12. The smallest absolute Gasteiger partial charge is 0.247 e. The van der Waals surface area contributed by atoms with Gasteiger partial charge >= 0.3 is 0 Å². The summed E-state index contributed by atoms with van der Waals surface area (Å²) >= 11 is 3.47. The van der Waals surface area contributed by atoms with Gasteiger partial charge in [-0.25, -0.2) is 4.98 Å². The average Bonchev–Trinajstić information content (AvgIpc) is 2.76. The molecule has 3 N–H and O–H groups in total. The quantitative estimate of drug-likeness (QED) is 0.494. The number of anilines is 3. The number of hydrogen-bond donors (Lipinski definition) is 3. The lowest BCUT2D eigenvalue weighted by Gasteiger charge is -2.17. The largest absolute Gasteiger partial charge is 0.497 e. The van der Waals surface area contributed by atoms with E-state index < -0.39 is 0 Å². The fraction of sp³-hybridized carbons (Fsp3) is 0.190. The van der Waals surface area contributed by atoms with Crippen LogP contribution in [0.15, 0.2) is 65.1 Å². The molecule has 3 rings (SSSR count). The molecular weight excluding hydrogens is 450 g/mol. The Morgan fingerprint density at radius 3 is 2.83 bits per heavy atom. The zero-order chi connectivity index (χ0) is 21.5. The molecule has 30 heavy (non-hydrogen) atoms. The summed E-state index contributed by atoms with van der Waals surface area (Å²) in [6.45, 7) is 3.47. The maximum Gasteiger partial charge on any atom is 0.247 e. The molecule has 0 radical (unpaired) electrons. The molecule has 0 atom stereocenters. The van der Waals surface area contributed by atoms with Gasteiger partial charge in [-0.05, 0) is 53.1 Å². The minimum atomic E-state index is -0.231. The number of allylic oxidation sites excluding steroid dienone is 3. The first-order valence-electron chi connectivity index (χ1n) is 9.15. The van der Waals surface area contributed by atoms with E-state index >= 15 is 0 Å². The first kappa shape index (κ1) is 21.4. The Morgan fingerprint density at radius 2 is 2.10 bits per heavy atom. The van der Waals surface area contributed by atoms with Gasteiger partial charge < -0.3 is 25.4 Å². The van der Waals surface area contributed by atoms with Crippen molar-refractivity contribution in [3.63, 3.8) is 0 Å². The second kappa shape index (κ2) is 9.93. The van der Waals surface area contributed by atoms with Crippen molar-refractivity contribution >= 4 is 39.3 Å². The van der Waals surface area contributed by atoms with Crippen molar-refractivity contribution in [3.05, 3.63) is 65.1 Å². The van der Waals surface area contributed by atoms with Gasteiger partial charge in [-0.1, -0.05) is 12.7 Å². The molecule has 1 aromatic heterocycles. The summed E-state index contributed by atoms with van der Waals surface area (Å²) in [5.41, 5.74) is 2.35. The monoisotopic (exact) mass is 471 g/mol. The summed E-state index contributed by atoms with van der Waals surface area (Å²) in [5.74, 6) is 2.04.